The number of nitrogens with one attached hydrogen (secondary N) is 1. The molecule has 1 aromatic rings. The molecular weight excluding hydrogens is 236 g/mol. The Bertz CT molecular complexity index is 319. The molecule has 1 aliphatic rings. The minimum absolute atomic E-state index is 0.191. The van der Waals surface area contributed by atoms with E-state index in [0.29, 0.717) is 0 Å². The van der Waals surface area contributed by atoms with Gasteiger partial charge >= 0.3 is 0 Å². The fourth-order valence-corrected chi connectivity index (χ4v) is 1.69. The molecule has 0 bridgehead atoms. The lowest BCUT2D eigenvalue weighted by molar-refractivity contribution is -0.129. The van der Waals surface area contributed by atoms with Gasteiger partial charge in [-0.1, -0.05) is 51.1 Å². The van der Waals surface area contributed by atoms with E-state index in [1.807, 2.05) is 24.8 Å². The van der Waals surface area contributed by atoms with Crippen molar-refractivity contribution in [2.45, 2.75) is 34.1 Å². The Kier molecular flexibility index (Phi) is 10.9. The lowest BCUT2D eigenvalue weighted by Gasteiger charge is -2.25. The zero-order chi connectivity index (χ0) is 14.5. The number of benzene rings is 1. The van der Waals surface area contributed by atoms with Gasteiger partial charge in [-0.2, -0.15) is 0 Å². The van der Waals surface area contributed by atoms with Crippen molar-refractivity contribution in [1.82, 2.24) is 10.2 Å². The standard InChI is InChI=1S/C8H10.C6H12N2O.C2H6/c1-2-8-6-4-3-5-7-8;1-6(9)8-4-2-7-3-5-8;1-2/h3-7H,2H2,1H3;7H,2-5H2,1H3;1-2H3. The molecule has 1 heterocycles. The van der Waals surface area contributed by atoms with Crippen LogP contribution in [0.1, 0.15) is 33.3 Å². The van der Waals surface area contributed by atoms with Crippen molar-refractivity contribution in [3.8, 4) is 0 Å². The van der Waals surface area contributed by atoms with Crippen LogP contribution in [0, 0.1) is 0 Å². The summed E-state index contributed by atoms with van der Waals surface area (Å²) in [6.07, 6.45) is 1.14. The predicted molar refractivity (Wildman–Crippen MR) is 82.3 cm³/mol. The van der Waals surface area contributed by atoms with Gasteiger partial charge in [-0.25, -0.2) is 0 Å². The SMILES string of the molecule is CC.CC(=O)N1CCNCC1.CCc1ccccc1. The van der Waals surface area contributed by atoms with Crippen molar-refractivity contribution in [2.24, 2.45) is 0 Å². The van der Waals surface area contributed by atoms with Gasteiger partial charge in [-0.3, -0.25) is 4.79 Å². The summed E-state index contributed by atoms with van der Waals surface area (Å²) in [5.41, 5.74) is 1.41. The highest BCUT2D eigenvalue weighted by atomic mass is 16.2. The third kappa shape index (κ3) is 8.38. The van der Waals surface area contributed by atoms with Crippen LogP contribution in [0.4, 0.5) is 0 Å². The first-order chi connectivity index (χ1) is 9.24. The molecule has 19 heavy (non-hydrogen) atoms. The van der Waals surface area contributed by atoms with E-state index in [9.17, 15) is 4.79 Å². The quantitative estimate of drug-likeness (QED) is 0.846. The summed E-state index contributed by atoms with van der Waals surface area (Å²) in [5, 5.41) is 3.18. The number of rotatable bonds is 1. The van der Waals surface area contributed by atoms with Crippen LogP contribution in [0.5, 0.6) is 0 Å². The predicted octanol–water partition coefficient (Wildman–Crippen LogP) is 2.71. The molecule has 1 aliphatic heterocycles. The maximum absolute atomic E-state index is 10.7. The summed E-state index contributed by atoms with van der Waals surface area (Å²) in [6.45, 7) is 11.4. The Hall–Kier alpha value is -1.35. The van der Waals surface area contributed by atoms with Crippen LogP contribution in [0.15, 0.2) is 30.3 Å². The molecule has 3 heteroatoms. The lowest BCUT2D eigenvalue weighted by atomic mass is 10.2. The van der Waals surface area contributed by atoms with Gasteiger partial charge in [-0.05, 0) is 12.0 Å². The van der Waals surface area contributed by atoms with E-state index < -0.39 is 0 Å². The van der Waals surface area contributed by atoms with Crippen molar-refractivity contribution in [3.63, 3.8) is 0 Å². The topological polar surface area (TPSA) is 32.3 Å². The van der Waals surface area contributed by atoms with Crippen LogP contribution in [0.3, 0.4) is 0 Å². The van der Waals surface area contributed by atoms with Crippen LogP contribution in [0.2, 0.25) is 0 Å². The van der Waals surface area contributed by atoms with Crippen molar-refractivity contribution in [3.05, 3.63) is 35.9 Å². The Morgan fingerprint density at radius 3 is 2.00 bits per heavy atom. The zero-order valence-corrected chi connectivity index (χ0v) is 12.8. The summed E-state index contributed by atoms with van der Waals surface area (Å²) in [7, 11) is 0. The molecule has 1 amide bonds. The van der Waals surface area contributed by atoms with Crippen molar-refractivity contribution >= 4 is 5.91 Å². The van der Waals surface area contributed by atoms with E-state index in [-0.39, 0.29) is 5.91 Å². The number of aryl methyl sites for hydroxylation is 1. The van der Waals surface area contributed by atoms with Gasteiger partial charge in [0.25, 0.3) is 0 Å². The Morgan fingerprint density at radius 2 is 1.68 bits per heavy atom. The van der Waals surface area contributed by atoms with Gasteiger partial charge in [0, 0.05) is 33.1 Å². The molecule has 0 spiro atoms. The smallest absolute Gasteiger partial charge is 0.219 e. The van der Waals surface area contributed by atoms with Crippen LogP contribution in [0.25, 0.3) is 0 Å². The second-order valence-corrected chi connectivity index (χ2v) is 4.10. The first-order valence-corrected chi connectivity index (χ1v) is 7.24. The van der Waals surface area contributed by atoms with Crippen molar-refractivity contribution in [1.29, 1.82) is 0 Å². The van der Waals surface area contributed by atoms with E-state index in [4.69, 9.17) is 0 Å². The maximum atomic E-state index is 10.7. The van der Waals surface area contributed by atoms with E-state index in [1.54, 1.807) is 6.92 Å². The molecule has 0 unspecified atom stereocenters. The van der Waals surface area contributed by atoms with E-state index >= 15 is 0 Å². The first-order valence-electron chi connectivity index (χ1n) is 7.24. The molecule has 0 saturated carbocycles. The summed E-state index contributed by atoms with van der Waals surface area (Å²) in [4.78, 5) is 12.6. The molecule has 3 nitrogen and oxygen atoms in total. The third-order valence-electron chi connectivity index (χ3n) is 2.81. The molecule has 1 N–H and O–H groups in total. The van der Waals surface area contributed by atoms with Gasteiger partial charge in [-0.15, -0.1) is 0 Å². The molecule has 1 aromatic carbocycles. The first kappa shape index (κ1) is 17.6. The average Bonchev–Trinajstić information content (AvgIpc) is 2.51. The molecule has 0 radical (unpaired) electrons. The van der Waals surface area contributed by atoms with Crippen molar-refractivity contribution < 1.29 is 4.79 Å². The van der Waals surface area contributed by atoms with Crippen LogP contribution < -0.4 is 5.32 Å². The molecule has 1 fully saturated rings. The van der Waals surface area contributed by atoms with E-state index in [1.165, 1.54) is 5.56 Å². The lowest BCUT2D eigenvalue weighted by Crippen LogP contribution is -2.45. The van der Waals surface area contributed by atoms with Gasteiger partial charge in [0.1, 0.15) is 0 Å². The van der Waals surface area contributed by atoms with Gasteiger partial charge in [0.05, 0.1) is 0 Å². The fourth-order valence-electron chi connectivity index (χ4n) is 1.69. The molecule has 108 valence electrons. The highest BCUT2D eigenvalue weighted by Crippen LogP contribution is 1.96. The monoisotopic (exact) mass is 264 g/mol. The molecule has 0 aliphatic carbocycles. The zero-order valence-electron chi connectivity index (χ0n) is 12.8. The van der Waals surface area contributed by atoms with Crippen LogP contribution >= 0.6 is 0 Å². The average molecular weight is 264 g/mol. The van der Waals surface area contributed by atoms with Crippen LogP contribution in [-0.4, -0.2) is 37.0 Å². The van der Waals surface area contributed by atoms with E-state index in [2.05, 4.69) is 36.5 Å². The van der Waals surface area contributed by atoms with Gasteiger partial charge < -0.3 is 10.2 Å². The van der Waals surface area contributed by atoms with Crippen LogP contribution in [-0.2, 0) is 11.2 Å². The third-order valence-corrected chi connectivity index (χ3v) is 2.81. The number of carbonyl (C=O) groups excluding carboxylic acids is 1. The Balaban J connectivity index is 0.000000303. The van der Waals surface area contributed by atoms with E-state index in [0.717, 1.165) is 32.6 Å². The molecule has 1 saturated heterocycles. The minimum Gasteiger partial charge on any atom is -0.340 e. The number of carbonyl (C=O) groups is 1. The summed E-state index contributed by atoms with van der Waals surface area (Å²) in [5.74, 6) is 0.191. The second-order valence-electron chi connectivity index (χ2n) is 4.10. The highest BCUT2D eigenvalue weighted by molar-refractivity contribution is 5.73. The number of piperazine rings is 1. The summed E-state index contributed by atoms with van der Waals surface area (Å²) >= 11 is 0. The molecule has 2 rings (SSSR count). The molecule has 0 aromatic heterocycles. The van der Waals surface area contributed by atoms with Crippen molar-refractivity contribution in [2.75, 3.05) is 26.2 Å². The number of amides is 1. The highest BCUT2D eigenvalue weighted by Gasteiger charge is 2.10. The normalized spacial score (nSPS) is 13.6. The summed E-state index contributed by atoms with van der Waals surface area (Å²) < 4.78 is 0. The summed E-state index contributed by atoms with van der Waals surface area (Å²) in [6, 6.07) is 10.5. The van der Waals surface area contributed by atoms with Gasteiger partial charge in [0.2, 0.25) is 5.91 Å². The Labute approximate surface area is 118 Å². The second kappa shape index (κ2) is 11.7. The van der Waals surface area contributed by atoms with Gasteiger partial charge in [0.15, 0.2) is 0 Å². The number of hydrogen-bond acceptors (Lipinski definition) is 2. The Morgan fingerprint density at radius 1 is 1.16 bits per heavy atom. The largest absolute Gasteiger partial charge is 0.340 e. The molecular formula is C16H28N2O. The maximum Gasteiger partial charge on any atom is 0.219 e. The fraction of sp³-hybridized carbons (Fsp3) is 0.562. The number of hydrogen-bond donors (Lipinski definition) is 1. The minimum atomic E-state index is 0.191. The molecule has 0 atom stereocenters. The number of nitrogens with zero attached hydrogens (tertiary/aromatic N) is 1.